The number of hydrazine groups is 1. The Labute approximate surface area is 112 Å². The maximum atomic E-state index is 11.8. The van der Waals surface area contributed by atoms with Crippen molar-refractivity contribution in [1.82, 2.24) is 9.97 Å². The Morgan fingerprint density at radius 1 is 1.42 bits per heavy atom. The Bertz CT molecular complexity index is 546. The van der Waals surface area contributed by atoms with E-state index in [0.717, 1.165) is 12.0 Å². The molecule has 0 saturated carbocycles. The summed E-state index contributed by atoms with van der Waals surface area (Å²) in [5.41, 5.74) is 3.38. The molecule has 2 rings (SSSR count). The second-order valence-corrected chi connectivity index (χ2v) is 6.96. The molecule has 2 heterocycles. The van der Waals surface area contributed by atoms with Gasteiger partial charge in [-0.3, -0.25) is 0 Å². The number of aromatic nitrogens is 2. The lowest BCUT2D eigenvalue weighted by atomic mass is 10.2. The van der Waals surface area contributed by atoms with E-state index in [1.165, 1.54) is 6.33 Å². The lowest BCUT2D eigenvalue weighted by Crippen LogP contribution is -2.26. The van der Waals surface area contributed by atoms with Crippen molar-refractivity contribution < 1.29 is 8.42 Å². The van der Waals surface area contributed by atoms with Gasteiger partial charge in [-0.2, -0.15) is 0 Å². The van der Waals surface area contributed by atoms with Crippen molar-refractivity contribution in [3.8, 4) is 0 Å². The summed E-state index contributed by atoms with van der Waals surface area (Å²) in [4.78, 5) is 8.19. The van der Waals surface area contributed by atoms with Crippen LogP contribution in [0.4, 0.5) is 11.6 Å². The average molecular weight is 285 g/mol. The lowest BCUT2D eigenvalue weighted by Gasteiger charge is -2.15. The summed E-state index contributed by atoms with van der Waals surface area (Å²) in [5, 5.41) is 2.79. The van der Waals surface area contributed by atoms with E-state index in [2.05, 4.69) is 20.7 Å². The predicted octanol–water partition coefficient (Wildman–Crippen LogP) is 0.314. The first-order chi connectivity index (χ1) is 9.08. The van der Waals surface area contributed by atoms with E-state index in [1.807, 2.05) is 6.92 Å². The molecular weight excluding hydrogens is 266 g/mol. The van der Waals surface area contributed by atoms with E-state index >= 15 is 0 Å². The smallest absolute Gasteiger partial charge is 0.154 e. The summed E-state index contributed by atoms with van der Waals surface area (Å²) in [6.07, 6.45) is 3.57. The number of nitrogens with two attached hydrogens (primary N) is 1. The molecule has 8 heteroatoms. The summed E-state index contributed by atoms with van der Waals surface area (Å²) >= 11 is 0. The SMILES string of the molecule is CCc1c(NN)ncnc1NCC1CCCS1(=O)=O. The van der Waals surface area contributed by atoms with Crippen LogP contribution in [0.5, 0.6) is 0 Å². The summed E-state index contributed by atoms with van der Waals surface area (Å²) in [5.74, 6) is 6.89. The molecule has 0 radical (unpaired) electrons. The van der Waals surface area contributed by atoms with Crippen LogP contribution in [0.25, 0.3) is 0 Å². The topological polar surface area (TPSA) is 110 Å². The maximum absolute atomic E-state index is 11.8. The van der Waals surface area contributed by atoms with Gasteiger partial charge in [0.15, 0.2) is 9.84 Å². The molecule has 7 nitrogen and oxygen atoms in total. The highest BCUT2D eigenvalue weighted by Gasteiger charge is 2.31. The second-order valence-electron chi connectivity index (χ2n) is 4.56. The summed E-state index contributed by atoms with van der Waals surface area (Å²) < 4.78 is 23.5. The van der Waals surface area contributed by atoms with Crippen LogP contribution in [0.1, 0.15) is 25.3 Å². The molecule has 1 aromatic rings. The lowest BCUT2D eigenvalue weighted by molar-refractivity contribution is 0.591. The van der Waals surface area contributed by atoms with Crippen LogP contribution in [0.15, 0.2) is 6.33 Å². The number of nitrogens with one attached hydrogen (secondary N) is 2. The standard InChI is InChI=1S/C11H19N5O2S/c1-2-9-10(14-7-15-11(9)16-12)13-6-8-4-3-5-19(8,17)18/h7-8H,2-6,12H2,1H3,(H2,13,14,15,16). The second kappa shape index (κ2) is 5.70. The fraction of sp³-hybridized carbons (Fsp3) is 0.636. The molecule has 4 N–H and O–H groups in total. The molecule has 0 aromatic carbocycles. The van der Waals surface area contributed by atoms with Crippen molar-refractivity contribution in [3.63, 3.8) is 0 Å². The summed E-state index contributed by atoms with van der Waals surface area (Å²) in [6, 6.07) is 0. The quantitative estimate of drug-likeness (QED) is 0.527. The Kier molecular flexibility index (Phi) is 4.20. The third-order valence-electron chi connectivity index (χ3n) is 3.40. The van der Waals surface area contributed by atoms with Gasteiger partial charge in [0.05, 0.1) is 11.0 Å². The van der Waals surface area contributed by atoms with Gasteiger partial charge in [-0.25, -0.2) is 24.2 Å². The third kappa shape index (κ3) is 2.95. The molecule has 1 aliphatic heterocycles. The van der Waals surface area contributed by atoms with Gasteiger partial charge < -0.3 is 10.7 Å². The zero-order valence-electron chi connectivity index (χ0n) is 10.9. The normalized spacial score (nSPS) is 21.3. The Balaban J connectivity index is 2.12. The highest BCUT2D eigenvalue weighted by Crippen LogP contribution is 2.23. The Morgan fingerprint density at radius 2 is 2.16 bits per heavy atom. The van der Waals surface area contributed by atoms with Gasteiger partial charge in [-0.15, -0.1) is 0 Å². The summed E-state index contributed by atoms with van der Waals surface area (Å²) in [7, 11) is -2.94. The molecule has 1 aliphatic rings. The molecule has 106 valence electrons. The monoisotopic (exact) mass is 285 g/mol. The van der Waals surface area contributed by atoms with E-state index in [9.17, 15) is 8.42 Å². The van der Waals surface area contributed by atoms with Crippen LogP contribution in [0.2, 0.25) is 0 Å². The molecule has 1 unspecified atom stereocenters. The number of sulfone groups is 1. The first-order valence-corrected chi connectivity index (χ1v) is 8.06. The van der Waals surface area contributed by atoms with Crippen molar-refractivity contribution in [3.05, 3.63) is 11.9 Å². The molecule has 1 saturated heterocycles. The number of hydrogen-bond acceptors (Lipinski definition) is 7. The average Bonchev–Trinajstić information content (AvgIpc) is 2.74. The van der Waals surface area contributed by atoms with Gasteiger partial charge in [0.1, 0.15) is 18.0 Å². The van der Waals surface area contributed by atoms with Crippen LogP contribution in [-0.4, -0.2) is 35.9 Å². The van der Waals surface area contributed by atoms with Crippen molar-refractivity contribution in [2.24, 2.45) is 5.84 Å². The Hall–Kier alpha value is -1.41. The highest BCUT2D eigenvalue weighted by molar-refractivity contribution is 7.92. The zero-order chi connectivity index (χ0) is 13.9. The molecule has 1 fully saturated rings. The van der Waals surface area contributed by atoms with Crippen molar-refractivity contribution in [2.45, 2.75) is 31.4 Å². The van der Waals surface area contributed by atoms with E-state index < -0.39 is 9.84 Å². The molecular formula is C11H19N5O2S. The maximum Gasteiger partial charge on any atom is 0.154 e. The van der Waals surface area contributed by atoms with Gasteiger partial charge >= 0.3 is 0 Å². The zero-order valence-corrected chi connectivity index (χ0v) is 11.7. The Morgan fingerprint density at radius 3 is 2.74 bits per heavy atom. The van der Waals surface area contributed by atoms with Gasteiger partial charge in [-0.1, -0.05) is 6.92 Å². The van der Waals surface area contributed by atoms with Gasteiger partial charge in [0.25, 0.3) is 0 Å². The highest BCUT2D eigenvalue weighted by atomic mass is 32.2. The van der Waals surface area contributed by atoms with E-state index in [0.29, 0.717) is 36.8 Å². The number of anilines is 2. The first kappa shape index (κ1) is 14.0. The molecule has 0 spiro atoms. The van der Waals surface area contributed by atoms with Gasteiger partial charge in [0.2, 0.25) is 0 Å². The molecule has 0 amide bonds. The van der Waals surface area contributed by atoms with Crippen molar-refractivity contribution in [2.75, 3.05) is 23.0 Å². The van der Waals surface area contributed by atoms with E-state index in [1.54, 1.807) is 0 Å². The number of hydrogen-bond donors (Lipinski definition) is 3. The molecule has 1 atom stereocenters. The minimum absolute atomic E-state index is 0.291. The molecule has 0 aliphatic carbocycles. The minimum Gasteiger partial charge on any atom is -0.368 e. The van der Waals surface area contributed by atoms with Crippen LogP contribution in [0, 0.1) is 0 Å². The minimum atomic E-state index is -2.94. The summed E-state index contributed by atoms with van der Waals surface area (Å²) in [6.45, 7) is 2.35. The predicted molar refractivity (Wildman–Crippen MR) is 74.5 cm³/mol. The van der Waals surface area contributed by atoms with Crippen LogP contribution in [-0.2, 0) is 16.3 Å². The third-order valence-corrected chi connectivity index (χ3v) is 5.67. The van der Waals surface area contributed by atoms with E-state index in [4.69, 9.17) is 5.84 Å². The van der Waals surface area contributed by atoms with Crippen LogP contribution < -0.4 is 16.6 Å². The van der Waals surface area contributed by atoms with Gasteiger partial charge in [0, 0.05) is 12.1 Å². The fourth-order valence-corrected chi connectivity index (χ4v) is 4.09. The van der Waals surface area contributed by atoms with Crippen LogP contribution in [0.3, 0.4) is 0 Å². The fourth-order valence-electron chi connectivity index (χ4n) is 2.32. The molecule has 0 bridgehead atoms. The van der Waals surface area contributed by atoms with Crippen molar-refractivity contribution in [1.29, 1.82) is 0 Å². The number of rotatable bonds is 5. The first-order valence-electron chi connectivity index (χ1n) is 6.34. The van der Waals surface area contributed by atoms with E-state index in [-0.39, 0.29) is 5.25 Å². The van der Waals surface area contributed by atoms with Crippen molar-refractivity contribution >= 4 is 21.5 Å². The molecule has 19 heavy (non-hydrogen) atoms. The number of nitrogens with zero attached hydrogens (tertiary/aromatic N) is 2. The van der Waals surface area contributed by atoms with Gasteiger partial charge in [-0.05, 0) is 19.3 Å². The largest absolute Gasteiger partial charge is 0.368 e. The van der Waals surface area contributed by atoms with Crippen LogP contribution >= 0.6 is 0 Å². The number of nitrogen functional groups attached to an aromatic ring is 1. The molecule has 1 aromatic heterocycles.